The summed E-state index contributed by atoms with van der Waals surface area (Å²) in [5, 5.41) is 3.03. The lowest BCUT2D eigenvalue weighted by molar-refractivity contribution is -0.118. The van der Waals surface area contributed by atoms with Crippen molar-refractivity contribution in [2.45, 2.75) is 19.8 Å². The third-order valence-electron chi connectivity index (χ3n) is 5.40. The van der Waals surface area contributed by atoms with Gasteiger partial charge in [-0.05, 0) is 68.5 Å². The van der Waals surface area contributed by atoms with E-state index in [4.69, 9.17) is 9.72 Å². The van der Waals surface area contributed by atoms with Crippen molar-refractivity contribution < 1.29 is 9.53 Å². The van der Waals surface area contributed by atoms with Crippen LogP contribution in [0.2, 0.25) is 0 Å². The van der Waals surface area contributed by atoms with Crippen LogP contribution in [0.5, 0.6) is 5.75 Å². The number of thiazole rings is 1. The van der Waals surface area contributed by atoms with Crippen LogP contribution in [0.25, 0.3) is 21.0 Å². The minimum Gasteiger partial charge on any atom is -0.494 e. The van der Waals surface area contributed by atoms with Gasteiger partial charge < -0.3 is 9.64 Å². The Hall–Kier alpha value is -2.96. The fourth-order valence-electron chi connectivity index (χ4n) is 3.84. The Morgan fingerprint density at radius 1 is 1.03 bits per heavy atom. The Labute approximate surface area is 193 Å². The SMILES string of the molecule is CCOc1ccc2nc(N(CCCN(C)C)C(=O)Cc3cccc4ccccc34)sc2c1. The molecule has 0 N–H and O–H groups in total. The highest BCUT2D eigenvalue weighted by molar-refractivity contribution is 7.22. The van der Waals surface area contributed by atoms with E-state index in [0.29, 0.717) is 19.6 Å². The molecule has 32 heavy (non-hydrogen) atoms. The summed E-state index contributed by atoms with van der Waals surface area (Å²) in [5.41, 5.74) is 1.94. The van der Waals surface area contributed by atoms with Crippen molar-refractivity contribution >= 4 is 43.4 Å². The van der Waals surface area contributed by atoms with Gasteiger partial charge in [0.25, 0.3) is 0 Å². The van der Waals surface area contributed by atoms with E-state index in [1.54, 1.807) is 11.3 Å². The predicted octanol–water partition coefficient (Wildman–Crippen LogP) is 5.38. The smallest absolute Gasteiger partial charge is 0.233 e. The number of nitrogens with zero attached hydrogens (tertiary/aromatic N) is 3. The van der Waals surface area contributed by atoms with Crippen LogP contribution in [0, 0.1) is 0 Å². The van der Waals surface area contributed by atoms with Crippen LogP contribution in [0.1, 0.15) is 18.9 Å². The van der Waals surface area contributed by atoms with Gasteiger partial charge in [0, 0.05) is 6.54 Å². The molecule has 0 aliphatic heterocycles. The highest BCUT2D eigenvalue weighted by atomic mass is 32.1. The molecule has 0 fully saturated rings. The first-order valence-electron chi connectivity index (χ1n) is 11.0. The standard InChI is InChI=1S/C26H29N3O2S/c1-4-31-21-13-14-23-24(18-21)32-26(27-23)29(16-8-15-28(2)3)25(30)17-20-11-7-10-19-9-5-6-12-22(19)20/h5-7,9-14,18H,4,8,15-17H2,1-3H3. The second-order valence-electron chi connectivity index (χ2n) is 8.08. The molecule has 1 amide bonds. The van der Waals surface area contributed by atoms with Crippen molar-refractivity contribution in [2.24, 2.45) is 0 Å². The molecule has 0 aliphatic rings. The number of aromatic nitrogens is 1. The van der Waals surface area contributed by atoms with Gasteiger partial charge in [-0.2, -0.15) is 0 Å². The van der Waals surface area contributed by atoms with Crippen LogP contribution >= 0.6 is 11.3 Å². The Bertz CT molecular complexity index is 1210. The second-order valence-corrected chi connectivity index (χ2v) is 9.09. The molecular weight excluding hydrogens is 418 g/mol. The van der Waals surface area contributed by atoms with E-state index in [1.807, 2.05) is 54.3 Å². The number of carbonyl (C=O) groups excluding carboxylic acids is 1. The Morgan fingerprint density at radius 2 is 1.84 bits per heavy atom. The fraction of sp³-hybridized carbons (Fsp3) is 0.308. The van der Waals surface area contributed by atoms with E-state index in [-0.39, 0.29) is 5.91 Å². The molecule has 0 unspecified atom stereocenters. The lowest BCUT2D eigenvalue weighted by atomic mass is 10.0. The van der Waals surface area contributed by atoms with Crippen LogP contribution in [0.4, 0.5) is 5.13 Å². The summed E-state index contributed by atoms with van der Waals surface area (Å²) in [6.07, 6.45) is 1.23. The molecule has 5 nitrogen and oxygen atoms in total. The molecule has 6 heteroatoms. The average Bonchev–Trinajstić information content (AvgIpc) is 3.20. The maximum absolute atomic E-state index is 13.5. The van der Waals surface area contributed by atoms with Crippen molar-refractivity contribution in [1.82, 2.24) is 9.88 Å². The maximum atomic E-state index is 13.5. The van der Waals surface area contributed by atoms with Gasteiger partial charge in [-0.25, -0.2) is 4.98 Å². The molecule has 166 valence electrons. The first kappa shape index (κ1) is 22.2. The molecule has 1 aromatic heterocycles. The van der Waals surface area contributed by atoms with E-state index < -0.39 is 0 Å². The molecular formula is C26H29N3O2S. The first-order chi connectivity index (χ1) is 15.5. The number of rotatable bonds is 9. The van der Waals surface area contributed by atoms with Crippen molar-refractivity contribution in [2.75, 3.05) is 38.7 Å². The molecule has 0 radical (unpaired) electrons. The number of anilines is 1. The molecule has 0 saturated carbocycles. The van der Waals surface area contributed by atoms with Gasteiger partial charge in [-0.3, -0.25) is 9.69 Å². The first-order valence-corrected chi connectivity index (χ1v) is 11.8. The molecule has 0 aliphatic carbocycles. The summed E-state index contributed by atoms with van der Waals surface area (Å²) >= 11 is 1.55. The van der Waals surface area contributed by atoms with Crippen LogP contribution in [-0.4, -0.2) is 49.6 Å². The number of hydrogen-bond acceptors (Lipinski definition) is 5. The maximum Gasteiger partial charge on any atom is 0.233 e. The largest absolute Gasteiger partial charge is 0.494 e. The highest BCUT2D eigenvalue weighted by Gasteiger charge is 2.21. The van der Waals surface area contributed by atoms with Gasteiger partial charge in [0.1, 0.15) is 5.75 Å². The van der Waals surface area contributed by atoms with Crippen molar-refractivity contribution in [3.63, 3.8) is 0 Å². The normalized spacial score (nSPS) is 11.4. The lowest BCUT2D eigenvalue weighted by Gasteiger charge is -2.21. The third kappa shape index (κ3) is 5.09. The average molecular weight is 448 g/mol. The molecule has 4 aromatic rings. The Balaban J connectivity index is 1.63. The summed E-state index contributed by atoms with van der Waals surface area (Å²) in [4.78, 5) is 22.3. The highest BCUT2D eigenvalue weighted by Crippen LogP contribution is 2.32. The van der Waals surface area contributed by atoms with Gasteiger partial charge in [0.2, 0.25) is 5.91 Å². The van der Waals surface area contributed by atoms with E-state index in [9.17, 15) is 4.79 Å². The summed E-state index contributed by atoms with van der Waals surface area (Å²) in [5.74, 6) is 0.903. The lowest BCUT2D eigenvalue weighted by Crippen LogP contribution is -2.34. The molecule has 0 spiro atoms. The number of fused-ring (bicyclic) bond motifs is 2. The molecule has 1 heterocycles. The Morgan fingerprint density at radius 3 is 2.66 bits per heavy atom. The second kappa shape index (κ2) is 10.1. The molecule has 0 atom stereocenters. The van der Waals surface area contributed by atoms with Crippen LogP contribution in [-0.2, 0) is 11.2 Å². The minimum absolute atomic E-state index is 0.0733. The fourth-order valence-corrected chi connectivity index (χ4v) is 4.88. The van der Waals surface area contributed by atoms with Gasteiger partial charge in [0.05, 0.1) is 23.2 Å². The van der Waals surface area contributed by atoms with Crippen molar-refractivity contribution in [1.29, 1.82) is 0 Å². The van der Waals surface area contributed by atoms with Crippen molar-refractivity contribution in [3.8, 4) is 5.75 Å². The van der Waals surface area contributed by atoms with Gasteiger partial charge >= 0.3 is 0 Å². The predicted molar refractivity (Wildman–Crippen MR) is 134 cm³/mol. The van der Waals surface area contributed by atoms with Gasteiger partial charge in [-0.15, -0.1) is 0 Å². The van der Waals surface area contributed by atoms with Crippen LogP contribution in [0.3, 0.4) is 0 Å². The summed E-state index contributed by atoms with van der Waals surface area (Å²) in [7, 11) is 4.10. The van der Waals surface area contributed by atoms with Crippen LogP contribution in [0.15, 0.2) is 60.7 Å². The van der Waals surface area contributed by atoms with E-state index in [0.717, 1.165) is 50.4 Å². The number of benzene rings is 3. The minimum atomic E-state index is 0.0733. The third-order valence-corrected chi connectivity index (χ3v) is 6.44. The topological polar surface area (TPSA) is 45.7 Å². The molecule has 4 rings (SSSR count). The zero-order chi connectivity index (χ0) is 22.5. The van der Waals surface area contributed by atoms with E-state index in [2.05, 4.69) is 37.2 Å². The van der Waals surface area contributed by atoms with Gasteiger partial charge in [0.15, 0.2) is 5.13 Å². The summed E-state index contributed by atoms with van der Waals surface area (Å²) < 4.78 is 6.66. The number of hydrogen-bond donors (Lipinski definition) is 0. The van der Waals surface area contributed by atoms with Crippen LogP contribution < -0.4 is 9.64 Å². The number of carbonyl (C=O) groups is 1. The molecule has 0 bridgehead atoms. The summed E-state index contributed by atoms with van der Waals surface area (Å²) in [6, 6.07) is 20.3. The number of ether oxygens (including phenoxy) is 1. The zero-order valence-electron chi connectivity index (χ0n) is 18.9. The number of amides is 1. The zero-order valence-corrected chi connectivity index (χ0v) is 19.7. The van der Waals surface area contributed by atoms with Gasteiger partial charge in [-0.1, -0.05) is 53.8 Å². The monoisotopic (exact) mass is 447 g/mol. The Kier molecular flexibility index (Phi) is 7.02. The van der Waals surface area contributed by atoms with E-state index >= 15 is 0 Å². The molecule has 3 aromatic carbocycles. The van der Waals surface area contributed by atoms with E-state index in [1.165, 1.54) is 0 Å². The quantitative estimate of drug-likeness (QED) is 0.346. The van der Waals surface area contributed by atoms with Crippen molar-refractivity contribution in [3.05, 3.63) is 66.2 Å². The summed E-state index contributed by atoms with van der Waals surface area (Å²) in [6.45, 7) is 4.15. The molecule has 0 saturated heterocycles.